The largest absolute Gasteiger partial charge is 0.337 e. The van der Waals surface area contributed by atoms with Gasteiger partial charge in [0, 0.05) is 12.5 Å². The topological polar surface area (TPSA) is 86.0 Å². The van der Waals surface area contributed by atoms with Crippen LogP contribution >= 0.6 is 0 Å². The van der Waals surface area contributed by atoms with Crippen LogP contribution in [0.2, 0.25) is 0 Å². The molecule has 0 aliphatic heterocycles. The summed E-state index contributed by atoms with van der Waals surface area (Å²) in [7, 11) is -3.40. The summed E-state index contributed by atoms with van der Waals surface area (Å²) in [4.78, 5) is 8.36. The van der Waals surface area contributed by atoms with Crippen LogP contribution in [0.15, 0.2) is 59.3 Å². The van der Waals surface area contributed by atoms with Gasteiger partial charge in [-0.05, 0) is 24.1 Å². The van der Waals surface area contributed by atoms with Crippen LogP contribution in [0.3, 0.4) is 0 Å². The molecule has 6 nitrogen and oxygen atoms in total. The molecule has 0 saturated carbocycles. The van der Waals surface area contributed by atoms with Crippen LogP contribution in [-0.4, -0.2) is 29.8 Å². The van der Waals surface area contributed by atoms with Crippen molar-refractivity contribution in [1.82, 2.24) is 15.1 Å². The fraction of sp³-hybridized carbons (Fsp3) is 0.188. The number of pyridine rings is 1. The second-order valence-electron chi connectivity index (χ2n) is 5.18. The third-order valence-corrected chi connectivity index (χ3v) is 4.79. The number of hydrogen-bond donors (Lipinski definition) is 0. The summed E-state index contributed by atoms with van der Waals surface area (Å²) < 4.78 is 29.5. The summed E-state index contributed by atoms with van der Waals surface area (Å²) in [5.41, 5.74) is 1.43. The van der Waals surface area contributed by atoms with E-state index in [2.05, 4.69) is 15.1 Å². The lowest BCUT2D eigenvalue weighted by Gasteiger charge is -2.10. The van der Waals surface area contributed by atoms with E-state index in [0.29, 0.717) is 5.69 Å². The maximum absolute atomic E-state index is 12.1. The Morgan fingerprint density at radius 1 is 1.09 bits per heavy atom. The maximum atomic E-state index is 12.1. The molecule has 3 aromatic rings. The van der Waals surface area contributed by atoms with Crippen LogP contribution in [-0.2, 0) is 16.3 Å². The van der Waals surface area contributed by atoms with E-state index in [4.69, 9.17) is 4.52 Å². The Bertz CT molecular complexity index is 877. The first-order valence-electron chi connectivity index (χ1n) is 7.02. The van der Waals surface area contributed by atoms with Gasteiger partial charge >= 0.3 is 0 Å². The summed E-state index contributed by atoms with van der Waals surface area (Å²) in [6.07, 6.45) is 3.07. The molecule has 0 aliphatic carbocycles. The van der Waals surface area contributed by atoms with Crippen molar-refractivity contribution in [2.75, 3.05) is 6.26 Å². The minimum atomic E-state index is -3.40. The highest BCUT2D eigenvalue weighted by Crippen LogP contribution is 2.26. The quantitative estimate of drug-likeness (QED) is 0.715. The Balaban J connectivity index is 1.94. The molecule has 3 rings (SSSR count). The maximum Gasteiger partial charge on any atom is 0.245 e. The average molecular weight is 329 g/mol. The first-order chi connectivity index (χ1) is 11.0. The number of aromatic nitrogens is 3. The van der Waals surface area contributed by atoms with Crippen molar-refractivity contribution in [2.45, 2.75) is 11.7 Å². The molecule has 7 heteroatoms. The van der Waals surface area contributed by atoms with E-state index in [1.165, 1.54) is 6.26 Å². The highest BCUT2D eigenvalue weighted by atomic mass is 32.2. The normalized spacial score (nSPS) is 12.9. The molecule has 0 spiro atoms. The zero-order chi connectivity index (χ0) is 16.3. The van der Waals surface area contributed by atoms with E-state index in [0.717, 1.165) is 5.56 Å². The molecule has 0 bridgehead atoms. The Morgan fingerprint density at radius 3 is 2.48 bits per heavy atom. The highest BCUT2D eigenvalue weighted by molar-refractivity contribution is 7.90. The van der Waals surface area contributed by atoms with Gasteiger partial charge in [0.15, 0.2) is 9.84 Å². The molecule has 0 amide bonds. The lowest BCUT2D eigenvalue weighted by Crippen LogP contribution is -2.14. The van der Waals surface area contributed by atoms with Gasteiger partial charge < -0.3 is 4.52 Å². The van der Waals surface area contributed by atoms with Crippen LogP contribution in [0, 0.1) is 0 Å². The Hall–Kier alpha value is -2.54. The zero-order valence-electron chi connectivity index (χ0n) is 12.5. The minimum absolute atomic E-state index is 0.0806. The molecule has 2 heterocycles. The van der Waals surface area contributed by atoms with E-state index >= 15 is 0 Å². The first kappa shape index (κ1) is 15.4. The summed E-state index contributed by atoms with van der Waals surface area (Å²) in [6.45, 7) is 0. The second kappa shape index (κ2) is 6.29. The standard InChI is InChI=1S/C16H15N3O3S/c1-23(20,21)14(11-12-7-3-2-4-8-12)16-18-15(19-22-16)13-9-5-6-10-17-13/h2-10,14H,11H2,1H3/t14-/m1/s1. The van der Waals surface area contributed by atoms with E-state index in [-0.39, 0.29) is 18.1 Å². The average Bonchev–Trinajstić information content (AvgIpc) is 3.03. The van der Waals surface area contributed by atoms with Crippen molar-refractivity contribution in [1.29, 1.82) is 0 Å². The van der Waals surface area contributed by atoms with Gasteiger partial charge in [0.05, 0.1) is 0 Å². The SMILES string of the molecule is CS(=O)(=O)[C@H](Cc1ccccc1)c1nc(-c2ccccn2)no1. The molecule has 0 saturated heterocycles. The molecule has 0 fully saturated rings. The summed E-state index contributed by atoms with van der Waals surface area (Å²) >= 11 is 0. The smallest absolute Gasteiger partial charge is 0.245 e. The van der Waals surface area contributed by atoms with Crippen LogP contribution in [0.25, 0.3) is 11.5 Å². The van der Waals surface area contributed by atoms with Gasteiger partial charge in [-0.15, -0.1) is 0 Å². The van der Waals surface area contributed by atoms with E-state index < -0.39 is 15.1 Å². The van der Waals surface area contributed by atoms with Crippen molar-refractivity contribution >= 4 is 9.84 Å². The number of hydrogen-bond acceptors (Lipinski definition) is 6. The minimum Gasteiger partial charge on any atom is -0.337 e. The van der Waals surface area contributed by atoms with Crippen LogP contribution < -0.4 is 0 Å². The Labute approximate surface area is 134 Å². The summed E-state index contributed by atoms with van der Waals surface area (Å²) in [5.74, 6) is 0.360. The van der Waals surface area contributed by atoms with Gasteiger partial charge in [0.25, 0.3) is 0 Å². The molecular weight excluding hydrogens is 314 g/mol. The number of rotatable bonds is 5. The molecule has 1 aromatic carbocycles. The number of sulfone groups is 1. The molecule has 0 aliphatic rings. The number of benzene rings is 1. The van der Waals surface area contributed by atoms with E-state index in [9.17, 15) is 8.42 Å². The van der Waals surface area contributed by atoms with Crippen molar-refractivity contribution < 1.29 is 12.9 Å². The lowest BCUT2D eigenvalue weighted by atomic mass is 10.1. The van der Waals surface area contributed by atoms with Crippen LogP contribution in [0.5, 0.6) is 0 Å². The first-order valence-corrected chi connectivity index (χ1v) is 8.97. The molecule has 0 unspecified atom stereocenters. The predicted molar refractivity (Wildman–Crippen MR) is 85.3 cm³/mol. The zero-order valence-corrected chi connectivity index (χ0v) is 13.3. The molecule has 0 radical (unpaired) electrons. The molecular formula is C16H15N3O3S. The van der Waals surface area contributed by atoms with Crippen molar-refractivity contribution in [3.05, 3.63) is 66.2 Å². The van der Waals surface area contributed by atoms with Gasteiger partial charge in [-0.25, -0.2) is 8.42 Å². The van der Waals surface area contributed by atoms with Crippen molar-refractivity contribution in [2.24, 2.45) is 0 Å². The van der Waals surface area contributed by atoms with Gasteiger partial charge in [-0.1, -0.05) is 41.6 Å². The van der Waals surface area contributed by atoms with Gasteiger partial charge in [0.1, 0.15) is 10.9 Å². The van der Waals surface area contributed by atoms with Crippen LogP contribution in [0.1, 0.15) is 16.7 Å². The molecule has 2 aromatic heterocycles. The van der Waals surface area contributed by atoms with Crippen LogP contribution in [0.4, 0.5) is 0 Å². The Morgan fingerprint density at radius 2 is 1.83 bits per heavy atom. The van der Waals surface area contributed by atoms with E-state index in [1.54, 1.807) is 24.4 Å². The summed E-state index contributed by atoms with van der Waals surface area (Å²) in [6, 6.07) is 14.7. The number of nitrogens with zero attached hydrogens (tertiary/aromatic N) is 3. The fourth-order valence-corrected chi connectivity index (χ4v) is 3.17. The van der Waals surface area contributed by atoms with Crippen molar-refractivity contribution in [3.63, 3.8) is 0 Å². The second-order valence-corrected chi connectivity index (χ2v) is 7.41. The predicted octanol–water partition coefficient (Wildman–Crippen LogP) is 2.46. The van der Waals surface area contributed by atoms with E-state index in [1.807, 2.05) is 30.3 Å². The third kappa shape index (κ3) is 3.62. The molecule has 1 atom stereocenters. The highest BCUT2D eigenvalue weighted by Gasteiger charge is 2.29. The molecule has 23 heavy (non-hydrogen) atoms. The van der Waals surface area contributed by atoms with Gasteiger partial charge in [0.2, 0.25) is 11.7 Å². The van der Waals surface area contributed by atoms with Gasteiger partial charge in [-0.3, -0.25) is 4.98 Å². The molecule has 118 valence electrons. The third-order valence-electron chi connectivity index (χ3n) is 3.39. The lowest BCUT2D eigenvalue weighted by molar-refractivity contribution is 0.372. The fourth-order valence-electron chi connectivity index (χ4n) is 2.22. The Kier molecular flexibility index (Phi) is 4.20. The van der Waals surface area contributed by atoms with Gasteiger partial charge in [-0.2, -0.15) is 4.98 Å². The molecule has 0 N–H and O–H groups in total. The van der Waals surface area contributed by atoms with Crippen molar-refractivity contribution in [3.8, 4) is 11.5 Å². The summed E-state index contributed by atoms with van der Waals surface area (Å²) in [5, 5.41) is 2.97. The monoisotopic (exact) mass is 329 g/mol.